The molecule has 0 atom stereocenters. The average Bonchev–Trinajstić information content (AvgIpc) is 2.95. The summed E-state index contributed by atoms with van der Waals surface area (Å²) in [6.45, 7) is 10.3. The van der Waals surface area contributed by atoms with E-state index < -0.39 is 0 Å². The predicted octanol–water partition coefficient (Wildman–Crippen LogP) is 4.62. The molecule has 2 aliphatic rings. The van der Waals surface area contributed by atoms with E-state index in [0.717, 1.165) is 53.7 Å². The average molecular weight is 403 g/mol. The molecule has 0 N–H and O–H groups in total. The maximum Gasteiger partial charge on any atom is 0.278 e. The van der Waals surface area contributed by atoms with E-state index in [1.807, 2.05) is 57.2 Å². The molecule has 1 saturated heterocycles. The third-order valence-corrected chi connectivity index (χ3v) is 6.36. The van der Waals surface area contributed by atoms with Crippen LogP contribution >= 0.6 is 0 Å². The minimum absolute atomic E-state index is 0.162. The topological polar surface area (TPSA) is 40.6 Å². The molecule has 4 nitrogen and oxygen atoms in total. The van der Waals surface area contributed by atoms with Crippen LogP contribution in [0.3, 0.4) is 0 Å². The first-order valence-corrected chi connectivity index (χ1v) is 10.8. The lowest BCUT2D eigenvalue weighted by Crippen LogP contribution is -2.38. The Balaban J connectivity index is 1.75. The molecule has 2 heterocycles. The number of carbonyl (C=O) groups is 2. The van der Waals surface area contributed by atoms with Crippen LogP contribution in [0, 0.1) is 26.7 Å². The molecule has 0 unspecified atom stereocenters. The molecule has 4 heteroatoms. The number of benzene rings is 2. The number of hydrogen-bond donors (Lipinski definition) is 0. The Hall–Kier alpha value is -2.88. The fourth-order valence-electron chi connectivity index (χ4n) is 4.45. The number of hydrogen-bond acceptors (Lipinski definition) is 3. The minimum atomic E-state index is -0.179. The lowest BCUT2D eigenvalue weighted by Gasteiger charge is -2.32. The van der Waals surface area contributed by atoms with Crippen LogP contribution in [-0.4, -0.2) is 34.7 Å². The Morgan fingerprint density at radius 1 is 0.867 bits per heavy atom. The number of piperidine rings is 1. The van der Waals surface area contributed by atoms with Crippen molar-refractivity contribution in [1.82, 2.24) is 9.80 Å². The molecule has 0 aliphatic carbocycles. The van der Waals surface area contributed by atoms with E-state index >= 15 is 0 Å². The number of nitrogens with zero attached hydrogens (tertiary/aromatic N) is 2. The molecule has 30 heavy (non-hydrogen) atoms. The third kappa shape index (κ3) is 3.79. The number of likely N-dealkylation sites (tertiary alicyclic amines) is 1. The van der Waals surface area contributed by atoms with Gasteiger partial charge in [0.25, 0.3) is 11.8 Å². The molecule has 0 spiro atoms. The van der Waals surface area contributed by atoms with Crippen molar-refractivity contribution in [2.24, 2.45) is 5.92 Å². The predicted molar refractivity (Wildman–Crippen MR) is 120 cm³/mol. The van der Waals surface area contributed by atoms with Gasteiger partial charge in [0.05, 0.1) is 12.1 Å². The maximum atomic E-state index is 13.6. The summed E-state index contributed by atoms with van der Waals surface area (Å²) in [6, 6.07) is 14.1. The SMILES string of the molecule is Cc1ccc(CN2C(=O)C(c3ccc(C)cc3C)=C(N3CCC(C)CC3)C2=O)cc1. The van der Waals surface area contributed by atoms with Crippen LogP contribution in [0.2, 0.25) is 0 Å². The van der Waals surface area contributed by atoms with E-state index in [0.29, 0.717) is 23.7 Å². The number of aryl methyl sites for hydroxylation is 3. The van der Waals surface area contributed by atoms with Gasteiger partial charge in [-0.05, 0) is 56.2 Å². The molecular formula is C26H30N2O2. The van der Waals surface area contributed by atoms with E-state index in [1.165, 1.54) is 4.90 Å². The van der Waals surface area contributed by atoms with Crippen molar-refractivity contribution in [3.8, 4) is 0 Å². The standard InChI is InChI=1S/C26H30N2O2/c1-17-5-8-21(9-6-17)16-28-25(29)23(22-10-7-19(3)15-20(22)4)24(26(28)30)27-13-11-18(2)12-14-27/h5-10,15,18H,11-14,16H2,1-4H3. The van der Waals surface area contributed by atoms with Crippen LogP contribution in [-0.2, 0) is 16.1 Å². The molecule has 0 bridgehead atoms. The van der Waals surface area contributed by atoms with Gasteiger partial charge in [0.15, 0.2) is 0 Å². The molecule has 1 fully saturated rings. The molecule has 0 aromatic heterocycles. The molecule has 0 saturated carbocycles. The van der Waals surface area contributed by atoms with Crippen LogP contribution in [0.15, 0.2) is 48.2 Å². The maximum absolute atomic E-state index is 13.6. The Morgan fingerprint density at radius 2 is 1.50 bits per heavy atom. The minimum Gasteiger partial charge on any atom is -0.366 e. The fourth-order valence-corrected chi connectivity index (χ4v) is 4.45. The summed E-state index contributed by atoms with van der Waals surface area (Å²) in [5.74, 6) is 0.313. The van der Waals surface area contributed by atoms with E-state index in [2.05, 4.69) is 17.9 Å². The first-order valence-electron chi connectivity index (χ1n) is 10.8. The van der Waals surface area contributed by atoms with Gasteiger partial charge in [0, 0.05) is 13.1 Å². The van der Waals surface area contributed by atoms with Gasteiger partial charge in [0.1, 0.15) is 5.70 Å². The van der Waals surface area contributed by atoms with Crippen LogP contribution in [0.4, 0.5) is 0 Å². The normalized spacial score (nSPS) is 18.0. The highest BCUT2D eigenvalue weighted by Gasteiger charge is 2.42. The molecule has 4 rings (SSSR count). The first kappa shape index (κ1) is 20.4. The zero-order valence-corrected chi connectivity index (χ0v) is 18.4. The van der Waals surface area contributed by atoms with Crippen molar-refractivity contribution < 1.29 is 9.59 Å². The highest BCUT2D eigenvalue weighted by Crippen LogP contribution is 2.36. The molecule has 2 aliphatic heterocycles. The number of imide groups is 1. The summed E-state index contributed by atoms with van der Waals surface area (Å²) in [6.07, 6.45) is 2.09. The van der Waals surface area contributed by atoms with Crippen LogP contribution < -0.4 is 0 Å². The summed E-state index contributed by atoms with van der Waals surface area (Å²) in [7, 11) is 0. The van der Waals surface area contributed by atoms with Gasteiger partial charge in [0.2, 0.25) is 0 Å². The van der Waals surface area contributed by atoms with Crippen molar-refractivity contribution in [2.75, 3.05) is 13.1 Å². The molecule has 2 amide bonds. The highest BCUT2D eigenvalue weighted by atomic mass is 16.2. The van der Waals surface area contributed by atoms with Gasteiger partial charge in [-0.15, -0.1) is 0 Å². The quantitative estimate of drug-likeness (QED) is 0.701. The first-order chi connectivity index (χ1) is 14.3. The van der Waals surface area contributed by atoms with Crippen molar-refractivity contribution in [1.29, 1.82) is 0 Å². The Morgan fingerprint density at radius 3 is 2.13 bits per heavy atom. The highest BCUT2D eigenvalue weighted by molar-refractivity contribution is 6.35. The smallest absolute Gasteiger partial charge is 0.278 e. The van der Waals surface area contributed by atoms with Crippen molar-refractivity contribution in [3.05, 3.63) is 76.0 Å². The summed E-state index contributed by atoms with van der Waals surface area (Å²) in [5, 5.41) is 0. The fraction of sp³-hybridized carbons (Fsp3) is 0.385. The Labute approximate surface area is 179 Å². The van der Waals surface area contributed by atoms with Gasteiger partial charge < -0.3 is 4.90 Å². The van der Waals surface area contributed by atoms with Crippen molar-refractivity contribution in [2.45, 2.75) is 47.1 Å². The molecule has 0 radical (unpaired) electrons. The van der Waals surface area contributed by atoms with Gasteiger partial charge in [-0.2, -0.15) is 0 Å². The molecular weight excluding hydrogens is 372 g/mol. The monoisotopic (exact) mass is 402 g/mol. The number of amides is 2. The van der Waals surface area contributed by atoms with Crippen LogP contribution in [0.1, 0.15) is 47.6 Å². The van der Waals surface area contributed by atoms with Crippen molar-refractivity contribution in [3.63, 3.8) is 0 Å². The Kier molecular flexibility index (Phi) is 5.50. The van der Waals surface area contributed by atoms with E-state index in [4.69, 9.17) is 0 Å². The summed E-state index contributed by atoms with van der Waals surface area (Å²) in [5.41, 5.74) is 6.35. The summed E-state index contributed by atoms with van der Waals surface area (Å²) >= 11 is 0. The zero-order valence-electron chi connectivity index (χ0n) is 18.4. The molecule has 2 aromatic carbocycles. The lowest BCUT2D eigenvalue weighted by atomic mass is 9.95. The zero-order chi connectivity index (χ0) is 21.4. The second kappa shape index (κ2) is 8.10. The van der Waals surface area contributed by atoms with Crippen LogP contribution in [0.5, 0.6) is 0 Å². The summed E-state index contributed by atoms with van der Waals surface area (Å²) in [4.78, 5) is 30.7. The summed E-state index contributed by atoms with van der Waals surface area (Å²) < 4.78 is 0. The largest absolute Gasteiger partial charge is 0.366 e. The van der Waals surface area contributed by atoms with Gasteiger partial charge in [-0.3, -0.25) is 14.5 Å². The number of rotatable bonds is 4. The van der Waals surface area contributed by atoms with Crippen LogP contribution in [0.25, 0.3) is 5.57 Å². The molecule has 156 valence electrons. The van der Waals surface area contributed by atoms with E-state index in [9.17, 15) is 9.59 Å². The van der Waals surface area contributed by atoms with Gasteiger partial charge in [-0.25, -0.2) is 0 Å². The second-order valence-electron chi connectivity index (χ2n) is 8.89. The lowest BCUT2D eigenvalue weighted by molar-refractivity contribution is -0.138. The van der Waals surface area contributed by atoms with Gasteiger partial charge >= 0.3 is 0 Å². The second-order valence-corrected chi connectivity index (χ2v) is 8.89. The van der Waals surface area contributed by atoms with E-state index in [1.54, 1.807) is 0 Å². The van der Waals surface area contributed by atoms with Gasteiger partial charge in [-0.1, -0.05) is 60.5 Å². The Bertz CT molecular complexity index is 1010. The number of carbonyl (C=O) groups excluding carboxylic acids is 2. The van der Waals surface area contributed by atoms with Crippen molar-refractivity contribution >= 4 is 17.4 Å². The molecule has 2 aromatic rings. The third-order valence-electron chi connectivity index (χ3n) is 6.36. The van der Waals surface area contributed by atoms with E-state index in [-0.39, 0.29) is 11.8 Å².